The number of alkyl carbamates (subject to hydrolysis) is 2. The van der Waals surface area contributed by atoms with Crippen LogP contribution < -0.4 is 42.7 Å². The zero-order valence-corrected chi connectivity index (χ0v) is 45.9. The molecule has 2 aliphatic heterocycles. The Labute approximate surface area is 467 Å². The molecule has 8 amide bonds. The van der Waals surface area contributed by atoms with Crippen molar-refractivity contribution in [2.75, 3.05) is 164 Å². The van der Waals surface area contributed by atoms with Crippen LogP contribution in [0.5, 0.6) is 0 Å². The molecule has 8 N–H and O–H groups in total. The number of thioether (sulfide) groups is 1. The van der Waals surface area contributed by atoms with Gasteiger partial charge in [-0.1, -0.05) is 17.6 Å². The SMILES string of the molecule is CC(OC(=O)NCCOCCOCCN=[N+]=[N-])c1cc(CNC(=O)NCCOCCOCCNC(=O)OCCOCCOCCONC(=O)OCCOCCOCCNC(=O)CCCC[C@@H]2SC[C@@H]3NC(=O)N[C@@H]32)ccc1[N+](=O)[O-]. The number of urea groups is 2. The number of azide groups is 1. The highest BCUT2D eigenvalue weighted by atomic mass is 32.2. The summed E-state index contributed by atoms with van der Waals surface area (Å²) in [6.45, 7) is 6.46. The van der Waals surface area contributed by atoms with Crippen LogP contribution in [0.4, 0.5) is 29.7 Å². The first-order valence-corrected chi connectivity index (χ1v) is 27.3. The summed E-state index contributed by atoms with van der Waals surface area (Å²) < 4.78 is 58.2. The first kappa shape index (κ1) is 68.0. The van der Waals surface area contributed by atoms with E-state index in [0.29, 0.717) is 43.6 Å². The molecule has 33 heteroatoms. The lowest BCUT2D eigenvalue weighted by atomic mass is 10.0. The van der Waals surface area contributed by atoms with Gasteiger partial charge < -0.3 is 89.3 Å². The van der Waals surface area contributed by atoms with E-state index in [1.807, 2.05) is 11.8 Å². The van der Waals surface area contributed by atoms with Gasteiger partial charge in [0.15, 0.2) is 0 Å². The Hall–Kier alpha value is -6.26. The number of nitrogens with zero attached hydrogens (tertiary/aromatic N) is 4. The molecule has 0 saturated carbocycles. The summed E-state index contributed by atoms with van der Waals surface area (Å²) in [5, 5.41) is 34.5. The highest BCUT2D eigenvalue weighted by molar-refractivity contribution is 8.00. The molecule has 32 nitrogen and oxygen atoms in total. The van der Waals surface area contributed by atoms with E-state index in [9.17, 15) is 38.9 Å². The minimum atomic E-state index is -0.992. The third kappa shape index (κ3) is 33.4. The number of hydroxylamine groups is 1. The van der Waals surface area contributed by atoms with Crippen molar-refractivity contribution in [3.05, 3.63) is 49.9 Å². The summed E-state index contributed by atoms with van der Waals surface area (Å²) in [5.74, 6) is 0.904. The number of unbranched alkanes of at least 4 members (excludes halogenated alkanes) is 1. The minimum Gasteiger partial charge on any atom is -0.447 e. The summed E-state index contributed by atoms with van der Waals surface area (Å²) in [6.07, 6.45) is -0.0898. The van der Waals surface area contributed by atoms with Crippen LogP contribution in [0.1, 0.15) is 49.8 Å². The van der Waals surface area contributed by atoms with E-state index in [4.69, 9.17) is 62.5 Å². The fourth-order valence-corrected chi connectivity index (χ4v) is 8.69. The molecule has 2 heterocycles. The molecule has 452 valence electrons. The molecule has 0 spiro atoms. The van der Waals surface area contributed by atoms with Gasteiger partial charge in [0.25, 0.3) is 5.69 Å². The van der Waals surface area contributed by atoms with E-state index in [1.165, 1.54) is 25.1 Å². The van der Waals surface area contributed by atoms with Crippen LogP contribution in [-0.2, 0) is 68.3 Å². The Bertz CT molecular complexity index is 2020. The smallest absolute Gasteiger partial charge is 0.431 e. The molecule has 2 aliphatic rings. The number of nitro benzene ring substituents is 1. The average molecular weight is 1160 g/mol. The number of carbonyl (C=O) groups is 6. The summed E-state index contributed by atoms with van der Waals surface area (Å²) in [6, 6.07) is 4.03. The number of ether oxygens (including phenoxy) is 11. The molecule has 1 aromatic rings. The highest BCUT2D eigenvalue weighted by Crippen LogP contribution is 2.33. The molecule has 0 aliphatic carbocycles. The maximum Gasteiger partial charge on any atom is 0.431 e. The van der Waals surface area contributed by atoms with E-state index < -0.39 is 35.3 Å². The number of amides is 8. The van der Waals surface area contributed by atoms with Gasteiger partial charge in [-0.2, -0.15) is 17.2 Å². The van der Waals surface area contributed by atoms with E-state index in [0.717, 1.165) is 25.0 Å². The lowest BCUT2D eigenvalue weighted by Gasteiger charge is -2.16. The first-order chi connectivity index (χ1) is 39.0. The van der Waals surface area contributed by atoms with E-state index in [-0.39, 0.29) is 174 Å². The number of nitro groups is 1. The number of fused-ring (bicyclic) bond motifs is 1. The lowest BCUT2D eigenvalue weighted by molar-refractivity contribution is -0.386. The van der Waals surface area contributed by atoms with Gasteiger partial charge in [-0.15, -0.1) is 0 Å². The van der Waals surface area contributed by atoms with Gasteiger partial charge >= 0.3 is 30.3 Å². The molecule has 80 heavy (non-hydrogen) atoms. The first-order valence-electron chi connectivity index (χ1n) is 26.2. The Kier molecular flexibility index (Phi) is 37.8. The van der Waals surface area contributed by atoms with Crippen molar-refractivity contribution in [3.8, 4) is 0 Å². The lowest BCUT2D eigenvalue weighted by Crippen LogP contribution is -2.37. The van der Waals surface area contributed by atoms with Gasteiger partial charge in [0.1, 0.15) is 19.3 Å². The average Bonchev–Trinajstić information content (AvgIpc) is 4.02. The monoisotopic (exact) mass is 1160 g/mol. The Morgan fingerprint density at radius 2 is 1.25 bits per heavy atom. The minimum absolute atomic E-state index is 0.00587. The van der Waals surface area contributed by atoms with Gasteiger partial charge in [0.05, 0.1) is 135 Å². The van der Waals surface area contributed by atoms with Gasteiger partial charge in [-0.25, -0.2) is 24.0 Å². The second-order valence-electron chi connectivity index (χ2n) is 17.0. The summed E-state index contributed by atoms with van der Waals surface area (Å²) in [7, 11) is 0. The normalized spacial score (nSPS) is 15.5. The number of hydrogen-bond donors (Lipinski definition) is 8. The molecule has 1 aromatic carbocycles. The summed E-state index contributed by atoms with van der Waals surface area (Å²) >= 11 is 1.87. The maximum atomic E-state index is 12.3. The van der Waals surface area contributed by atoms with Crippen LogP contribution in [-0.4, -0.2) is 223 Å². The molecular formula is C47H78N12O20S. The van der Waals surface area contributed by atoms with Gasteiger partial charge in [0, 0.05) is 67.7 Å². The maximum absolute atomic E-state index is 12.3. The van der Waals surface area contributed by atoms with Gasteiger partial charge in [-0.3, -0.25) is 19.7 Å². The molecule has 2 fully saturated rings. The molecule has 0 radical (unpaired) electrons. The Balaban J connectivity index is 1.01. The molecule has 0 aromatic heterocycles. The van der Waals surface area contributed by atoms with E-state index in [1.54, 1.807) is 0 Å². The van der Waals surface area contributed by atoms with Gasteiger partial charge in [0.2, 0.25) is 5.91 Å². The summed E-state index contributed by atoms with van der Waals surface area (Å²) in [4.78, 5) is 90.5. The topological polar surface area (TPSA) is 401 Å². The molecular weight excluding hydrogens is 1080 g/mol. The van der Waals surface area contributed by atoms with Crippen LogP contribution in [0.2, 0.25) is 0 Å². The van der Waals surface area contributed by atoms with Crippen molar-refractivity contribution in [2.24, 2.45) is 5.11 Å². The second kappa shape index (κ2) is 44.5. The van der Waals surface area contributed by atoms with Crippen LogP contribution in [0.3, 0.4) is 0 Å². The summed E-state index contributed by atoms with van der Waals surface area (Å²) in [5.41, 5.74) is 10.8. The van der Waals surface area contributed by atoms with Crippen molar-refractivity contribution in [1.82, 2.24) is 42.7 Å². The molecule has 3 rings (SSSR count). The number of rotatable bonds is 47. The van der Waals surface area contributed by atoms with Crippen molar-refractivity contribution in [1.29, 1.82) is 0 Å². The number of nitrogens with one attached hydrogen (secondary N) is 8. The zero-order valence-electron chi connectivity index (χ0n) is 45.1. The third-order valence-electron chi connectivity index (χ3n) is 11.0. The second-order valence-corrected chi connectivity index (χ2v) is 18.2. The van der Waals surface area contributed by atoms with Crippen LogP contribution in [0.25, 0.3) is 10.4 Å². The number of carbonyl (C=O) groups excluding carboxylic acids is 6. The van der Waals surface area contributed by atoms with Crippen molar-refractivity contribution < 1.29 is 90.6 Å². The molecule has 2 saturated heterocycles. The van der Waals surface area contributed by atoms with E-state index >= 15 is 0 Å². The fraction of sp³-hybridized carbons (Fsp3) is 0.745. The predicted octanol–water partition coefficient (Wildman–Crippen LogP) is 1.85. The fourth-order valence-electron chi connectivity index (χ4n) is 7.14. The van der Waals surface area contributed by atoms with Crippen molar-refractivity contribution in [3.63, 3.8) is 0 Å². The quantitative estimate of drug-likeness (QED) is 0.00674. The van der Waals surface area contributed by atoms with Crippen molar-refractivity contribution in [2.45, 2.75) is 62.6 Å². The van der Waals surface area contributed by atoms with Crippen molar-refractivity contribution >= 4 is 53.7 Å². The standard InChI is InChI=1S/C47H78N12O20S/c1-35(79-46(64)52-11-16-71-20-21-72-17-12-54-58-48)37-32-36(6-7-39(37)59(66)67)33-53-43(61)50-9-14-69-18-19-70-15-10-51-45(63)76-29-26-74-24-25-75-28-31-78-57-47(65)77-30-27-73-23-22-68-13-8-49-41(60)5-3-2-4-40-42-38(34-80-40)55-44(62)56-42/h6-7,32,35,38,40,42H,2-5,8-31,33-34H2,1H3,(H,49,60)(H,51,63)(H,52,64)(H,57,65)(H2,50,53,61)(H2,55,56,62)/t35?,38-,40-,42-/m0/s1. The third-order valence-corrected chi connectivity index (χ3v) is 12.5. The van der Waals surface area contributed by atoms with Crippen LogP contribution in [0.15, 0.2) is 23.3 Å². The molecule has 0 bridgehead atoms. The number of hydrogen-bond acceptors (Lipinski definition) is 22. The Morgan fingerprint density at radius 3 is 1.88 bits per heavy atom. The van der Waals surface area contributed by atoms with Gasteiger partial charge in [-0.05, 0) is 36.9 Å². The van der Waals surface area contributed by atoms with Crippen LogP contribution >= 0.6 is 11.8 Å². The number of benzene rings is 1. The Morgan fingerprint density at radius 1 is 0.700 bits per heavy atom. The largest absolute Gasteiger partial charge is 0.447 e. The molecule has 4 atom stereocenters. The highest BCUT2D eigenvalue weighted by Gasteiger charge is 2.42. The molecule has 1 unspecified atom stereocenters. The van der Waals surface area contributed by atoms with E-state index in [2.05, 4.69) is 52.7 Å². The van der Waals surface area contributed by atoms with Crippen LogP contribution in [0, 0.1) is 10.1 Å². The predicted molar refractivity (Wildman–Crippen MR) is 284 cm³/mol. The zero-order chi connectivity index (χ0) is 57.7.